The van der Waals surface area contributed by atoms with Gasteiger partial charge in [-0.15, -0.1) is 0 Å². The minimum Gasteiger partial charge on any atom is -0.259 e. The number of rotatable bonds is 4. The molecule has 0 aliphatic heterocycles. The van der Waals surface area contributed by atoms with Crippen LogP contribution in [0.25, 0.3) is 0 Å². The first-order chi connectivity index (χ1) is 9.04. The van der Waals surface area contributed by atoms with Crippen LogP contribution in [0.1, 0.15) is 57.2 Å². The summed E-state index contributed by atoms with van der Waals surface area (Å²) >= 11 is 6.25. The summed E-state index contributed by atoms with van der Waals surface area (Å²) in [6.45, 7) is 14.6. The van der Waals surface area contributed by atoms with Crippen molar-refractivity contribution in [1.82, 2.24) is 0 Å². The van der Waals surface area contributed by atoms with Crippen LogP contribution in [0, 0.1) is 19.8 Å². The van der Waals surface area contributed by atoms with Gasteiger partial charge in [-0.3, -0.25) is 4.21 Å². The highest BCUT2D eigenvalue weighted by Gasteiger charge is 2.26. The van der Waals surface area contributed by atoms with Crippen molar-refractivity contribution in [3.8, 4) is 0 Å². The van der Waals surface area contributed by atoms with Crippen LogP contribution in [-0.2, 0) is 10.8 Å². The molecule has 0 aliphatic carbocycles. The van der Waals surface area contributed by atoms with Gasteiger partial charge in [0, 0.05) is 26.3 Å². The minimum atomic E-state index is -0.840. The summed E-state index contributed by atoms with van der Waals surface area (Å²) < 4.78 is 12.3. The molecule has 2 atom stereocenters. The molecule has 1 nitrogen and oxygen atoms in total. The van der Waals surface area contributed by atoms with Gasteiger partial charge in [-0.05, 0) is 63.1 Å². The Bertz CT molecular complexity index is 477. The molecule has 1 aromatic carbocycles. The lowest BCUT2D eigenvalue weighted by molar-refractivity contribution is 0.531. The van der Waals surface area contributed by atoms with Crippen molar-refractivity contribution in [2.24, 2.45) is 5.92 Å². The van der Waals surface area contributed by atoms with Crippen molar-refractivity contribution >= 4 is 22.4 Å². The highest BCUT2D eigenvalue weighted by atomic mass is 35.5. The molecule has 3 heteroatoms. The van der Waals surface area contributed by atoms with Crippen LogP contribution in [0.15, 0.2) is 12.1 Å². The van der Waals surface area contributed by atoms with Crippen molar-refractivity contribution in [3.63, 3.8) is 0 Å². The van der Waals surface area contributed by atoms with Gasteiger partial charge in [0.25, 0.3) is 0 Å². The molecule has 0 spiro atoms. The van der Waals surface area contributed by atoms with Gasteiger partial charge in [0.2, 0.25) is 0 Å². The summed E-state index contributed by atoms with van der Waals surface area (Å²) in [5, 5.41) is 0.841. The zero-order valence-electron chi connectivity index (χ0n) is 13.7. The van der Waals surface area contributed by atoms with Gasteiger partial charge in [-0.25, -0.2) is 0 Å². The molecule has 0 N–H and O–H groups in total. The van der Waals surface area contributed by atoms with Gasteiger partial charge in [0.1, 0.15) is 0 Å². The predicted molar refractivity (Wildman–Crippen MR) is 91.3 cm³/mol. The Labute approximate surface area is 131 Å². The first kappa shape index (κ1) is 17.7. The van der Waals surface area contributed by atoms with E-state index in [1.165, 1.54) is 5.56 Å². The Morgan fingerprint density at radius 2 is 1.60 bits per heavy atom. The second kappa shape index (κ2) is 6.62. The third-order valence-electron chi connectivity index (χ3n) is 3.71. The number of hydrogen-bond donors (Lipinski definition) is 0. The maximum absolute atomic E-state index is 12.5. The van der Waals surface area contributed by atoms with Crippen LogP contribution in [0.2, 0.25) is 5.02 Å². The maximum Gasteiger partial charge on any atom is 0.0464 e. The summed E-state index contributed by atoms with van der Waals surface area (Å²) in [5.41, 5.74) is 3.47. The van der Waals surface area contributed by atoms with E-state index in [9.17, 15) is 4.21 Å². The predicted octanol–water partition coefficient (Wildman–Crippen LogP) is 5.24. The van der Waals surface area contributed by atoms with Crippen molar-refractivity contribution < 1.29 is 4.21 Å². The summed E-state index contributed by atoms with van der Waals surface area (Å²) in [5.74, 6) is 1.48. The topological polar surface area (TPSA) is 17.1 Å². The normalized spacial score (nSPS) is 15.4. The molecule has 0 heterocycles. The molecule has 1 aromatic rings. The van der Waals surface area contributed by atoms with E-state index in [0.717, 1.165) is 16.1 Å². The molecule has 0 aromatic heterocycles. The average Bonchev–Trinajstić information content (AvgIpc) is 2.30. The summed E-state index contributed by atoms with van der Waals surface area (Å²) in [6, 6.07) is 4.31. The Morgan fingerprint density at radius 3 is 1.95 bits per heavy atom. The largest absolute Gasteiger partial charge is 0.259 e. The fourth-order valence-electron chi connectivity index (χ4n) is 2.28. The lowest BCUT2D eigenvalue weighted by Crippen LogP contribution is -2.28. The lowest BCUT2D eigenvalue weighted by atomic mass is 9.88. The van der Waals surface area contributed by atoms with Crippen molar-refractivity contribution in [3.05, 3.63) is 33.8 Å². The van der Waals surface area contributed by atoms with E-state index in [1.807, 2.05) is 34.6 Å². The molecule has 0 bridgehead atoms. The smallest absolute Gasteiger partial charge is 0.0464 e. The number of halogens is 1. The van der Waals surface area contributed by atoms with Crippen LogP contribution in [-0.4, -0.2) is 14.7 Å². The van der Waals surface area contributed by atoms with Crippen LogP contribution >= 0.6 is 11.6 Å². The van der Waals surface area contributed by atoms with Crippen molar-refractivity contribution in [2.45, 2.75) is 59.1 Å². The van der Waals surface area contributed by atoms with E-state index in [1.54, 1.807) is 0 Å². The molecule has 0 radical (unpaired) electrons. The molecule has 0 fully saturated rings. The number of hydrogen-bond acceptors (Lipinski definition) is 1. The van der Waals surface area contributed by atoms with E-state index in [-0.39, 0.29) is 4.75 Å². The van der Waals surface area contributed by atoms with Gasteiger partial charge < -0.3 is 0 Å². The third-order valence-corrected chi connectivity index (χ3v) is 6.33. The van der Waals surface area contributed by atoms with Crippen LogP contribution < -0.4 is 0 Å². The summed E-state index contributed by atoms with van der Waals surface area (Å²) in [7, 11) is -0.840. The monoisotopic (exact) mass is 314 g/mol. The van der Waals surface area contributed by atoms with E-state index < -0.39 is 10.8 Å². The van der Waals surface area contributed by atoms with E-state index in [4.69, 9.17) is 11.6 Å². The van der Waals surface area contributed by atoms with Gasteiger partial charge >= 0.3 is 0 Å². The standard InChI is InChI=1S/C17H27ClOS/c1-11(2)15(10-20(19)17(5,6)7)14-8-12(3)16(18)13(4)9-14/h8-9,11,15H,10H2,1-7H3/t15-,20+/m1/s1. The summed E-state index contributed by atoms with van der Waals surface area (Å²) in [6.07, 6.45) is 0. The van der Waals surface area contributed by atoms with Gasteiger partial charge in [0.05, 0.1) is 0 Å². The fourth-order valence-corrected chi connectivity index (χ4v) is 3.79. The van der Waals surface area contributed by atoms with Gasteiger partial charge in [-0.2, -0.15) is 0 Å². The second-order valence-electron chi connectivity index (χ2n) is 6.94. The Balaban J connectivity index is 3.13. The SMILES string of the molecule is Cc1cc([C@H](C[S@](=O)C(C)(C)C)C(C)C)cc(C)c1Cl. The molecule has 0 unspecified atom stereocenters. The zero-order valence-corrected chi connectivity index (χ0v) is 15.3. The molecule has 0 saturated carbocycles. The molecule has 0 amide bonds. The van der Waals surface area contributed by atoms with Crippen molar-refractivity contribution in [2.75, 3.05) is 5.75 Å². The second-order valence-corrected chi connectivity index (χ2v) is 9.57. The summed E-state index contributed by atoms with van der Waals surface area (Å²) in [4.78, 5) is 0. The minimum absolute atomic E-state index is 0.163. The fraction of sp³-hybridized carbons (Fsp3) is 0.647. The number of aryl methyl sites for hydroxylation is 2. The highest BCUT2D eigenvalue weighted by Crippen LogP contribution is 2.32. The maximum atomic E-state index is 12.5. The molecular weight excluding hydrogens is 288 g/mol. The molecule has 0 aliphatic rings. The Kier molecular flexibility index (Phi) is 5.86. The van der Waals surface area contributed by atoms with Crippen molar-refractivity contribution in [1.29, 1.82) is 0 Å². The Morgan fingerprint density at radius 1 is 1.15 bits per heavy atom. The quantitative estimate of drug-likeness (QED) is 0.742. The first-order valence-electron chi connectivity index (χ1n) is 7.19. The zero-order chi connectivity index (χ0) is 15.7. The lowest BCUT2D eigenvalue weighted by Gasteiger charge is -2.26. The molecule has 20 heavy (non-hydrogen) atoms. The molecular formula is C17H27ClOS. The number of benzene rings is 1. The van der Waals surface area contributed by atoms with Crippen LogP contribution in [0.3, 0.4) is 0 Å². The first-order valence-corrected chi connectivity index (χ1v) is 8.89. The van der Waals surface area contributed by atoms with E-state index in [2.05, 4.69) is 26.0 Å². The average molecular weight is 315 g/mol. The Hall–Kier alpha value is -0.340. The van der Waals surface area contributed by atoms with Crippen LogP contribution in [0.4, 0.5) is 0 Å². The highest BCUT2D eigenvalue weighted by molar-refractivity contribution is 7.86. The third kappa shape index (κ3) is 4.33. The van der Waals surface area contributed by atoms with E-state index >= 15 is 0 Å². The van der Waals surface area contributed by atoms with Crippen LogP contribution in [0.5, 0.6) is 0 Å². The van der Waals surface area contributed by atoms with E-state index in [0.29, 0.717) is 17.6 Å². The van der Waals surface area contributed by atoms with Gasteiger partial charge in [-0.1, -0.05) is 37.6 Å². The molecule has 0 saturated heterocycles. The molecule has 1 rings (SSSR count). The van der Waals surface area contributed by atoms with Gasteiger partial charge in [0.15, 0.2) is 0 Å². The molecule has 114 valence electrons.